The van der Waals surface area contributed by atoms with Gasteiger partial charge in [-0.25, -0.2) is 4.79 Å². The summed E-state index contributed by atoms with van der Waals surface area (Å²) in [6.45, 7) is 4.43. The Morgan fingerprint density at radius 2 is 2.21 bits per heavy atom. The van der Waals surface area contributed by atoms with Gasteiger partial charge in [0.2, 0.25) is 5.76 Å². The van der Waals surface area contributed by atoms with E-state index in [0.717, 1.165) is 11.8 Å². The van der Waals surface area contributed by atoms with Crippen molar-refractivity contribution in [2.24, 2.45) is 0 Å². The van der Waals surface area contributed by atoms with Crippen molar-refractivity contribution in [1.82, 2.24) is 4.57 Å². The number of furan rings is 1. The van der Waals surface area contributed by atoms with E-state index >= 15 is 0 Å². The number of hydrogen-bond acceptors (Lipinski definition) is 3. The number of aromatic carboxylic acids is 1. The first kappa shape index (κ1) is 13.1. The SMILES string of the molecule is CC(C)c1cc(C=O)n(Cc2ccc(C(=O)O)o2)c1. The second-order valence-electron chi connectivity index (χ2n) is 4.67. The van der Waals surface area contributed by atoms with Gasteiger partial charge in [0.15, 0.2) is 6.29 Å². The molecule has 19 heavy (non-hydrogen) atoms. The van der Waals surface area contributed by atoms with Gasteiger partial charge in [0.1, 0.15) is 5.76 Å². The van der Waals surface area contributed by atoms with E-state index in [4.69, 9.17) is 9.52 Å². The maximum Gasteiger partial charge on any atom is 0.371 e. The van der Waals surface area contributed by atoms with Gasteiger partial charge >= 0.3 is 5.97 Å². The summed E-state index contributed by atoms with van der Waals surface area (Å²) in [7, 11) is 0. The molecule has 0 radical (unpaired) electrons. The highest BCUT2D eigenvalue weighted by Crippen LogP contribution is 2.19. The molecule has 0 fully saturated rings. The summed E-state index contributed by atoms with van der Waals surface area (Å²) in [5.41, 5.74) is 1.61. The van der Waals surface area contributed by atoms with Gasteiger partial charge in [0.25, 0.3) is 0 Å². The Morgan fingerprint density at radius 1 is 1.47 bits per heavy atom. The monoisotopic (exact) mass is 261 g/mol. The molecule has 0 unspecified atom stereocenters. The Kier molecular flexibility index (Phi) is 3.55. The third-order valence-electron chi connectivity index (χ3n) is 2.94. The van der Waals surface area contributed by atoms with Gasteiger partial charge in [-0.2, -0.15) is 0 Å². The molecule has 0 aliphatic rings. The van der Waals surface area contributed by atoms with Crippen molar-refractivity contribution in [2.45, 2.75) is 26.3 Å². The molecule has 0 spiro atoms. The van der Waals surface area contributed by atoms with E-state index in [-0.39, 0.29) is 5.76 Å². The second kappa shape index (κ2) is 5.14. The fourth-order valence-corrected chi connectivity index (χ4v) is 1.85. The number of carbonyl (C=O) groups excluding carboxylic acids is 1. The highest BCUT2D eigenvalue weighted by Gasteiger charge is 2.12. The third-order valence-corrected chi connectivity index (χ3v) is 2.94. The molecular formula is C14H15NO4. The quantitative estimate of drug-likeness (QED) is 0.840. The van der Waals surface area contributed by atoms with Gasteiger partial charge < -0.3 is 14.1 Å². The normalized spacial score (nSPS) is 10.9. The molecule has 5 heteroatoms. The highest BCUT2D eigenvalue weighted by molar-refractivity contribution is 5.84. The van der Waals surface area contributed by atoms with Crippen LogP contribution < -0.4 is 0 Å². The molecule has 2 rings (SSSR count). The van der Waals surface area contributed by atoms with Crippen molar-refractivity contribution in [1.29, 1.82) is 0 Å². The number of aromatic nitrogens is 1. The van der Waals surface area contributed by atoms with E-state index in [9.17, 15) is 9.59 Å². The summed E-state index contributed by atoms with van der Waals surface area (Å²) in [4.78, 5) is 21.7. The highest BCUT2D eigenvalue weighted by atomic mass is 16.4. The van der Waals surface area contributed by atoms with Crippen molar-refractivity contribution >= 4 is 12.3 Å². The molecule has 0 aromatic carbocycles. The minimum absolute atomic E-state index is 0.0982. The summed E-state index contributed by atoms with van der Waals surface area (Å²) < 4.78 is 6.94. The zero-order chi connectivity index (χ0) is 14.0. The number of carboxylic acid groups (broad SMARTS) is 1. The van der Waals surface area contributed by atoms with Crippen molar-refractivity contribution in [3.05, 3.63) is 47.2 Å². The lowest BCUT2D eigenvalue weighted by atomic mass is 10.1. The van der Waals surface area contributed by atoms with Crippen molar-refractivity contribution in [3.63, 3.8) is 0 Å². The number of rotatable bonds is 5. The molecule has 0 atom stereocenters. The average Bonchev–Trinajstić information content (AvgIpc) is 2.96. The number of hydrogen-bond donors (Lipinski definition) is 1. The molecule has 2 aromatic rings. The first-order valence-electron chi connectivity index (χ1n) is 5.98. The number of nitrogens with zero attached hydrogens (tertiary/aromatic N) is 1. The van der Waals surface area contributed by atoms with Crippen molar-refractivity contribution in [3.8, 4) is 0 Å². The minimum Gasteiger partial charge on any atom is -0.475 e. The number of carbonyl (C=O) groups is 2. The Hall–Kier alpha value is -2.30. The van der Waals surface area contributed by atoms with Crippen LogP contribution in [0, 0.1) is 0 Å². The molecule has 5 nitrogen and oxygen atoms in total. The topological polar surface area (TPSA) is 72.4 Å². The van der Waals surface area contributed by atoms with E-state index in [1.807, 2.05) is 26.1 Å². The van der Waals surface area contributed by atoms with Crippen LogP contribution in [0.1, 0.15) is 52.1 Å². The lowest BCUT2D eigenvalue weighted by Gasteiger charge is -2.02. The molecule has 0 saturated carbocycles. The molecule has 0 aliphatic carbocycles. The molecule has 0 amide bonds. The lowest BCUT2D eigenvalue weighted by Crippen LogP contribution is -2.01. The van der Waals surface area contributed by atoms with Crippen LogP contribution in [-0.4, -0.2) is 21.9 Å². The predicted molar refractivity (Wildman–Crippen MR) is 68.7 cm³/mol. The molecule has 2 heterocycles. The van der Waals surface area contributed by atoms with Gasteiger partial charge in [0.05, 0.1) is 12.2 Å². The summed E-state index contributed by atoms with van der Waals surface area (Å²) >= 11 is 0. The Bertz CT molecular complexity index is 607. The number of carboxylic acids is 1. The van der Waals surface area contributed by atoms with Crippen LogP contribution in [0.15, 0.2) is 28.8 Å². The molecule has 0 bridgehead atoms. The van der Waals surface area contributed by atoms with Gasteiger partial charge in [-0.3, -0.25) is 4.79 Å². The summed E-state index contributed by atoms with van der Waals surface area (Å²) in [6.07, 6.45) is 2.67. The second-order valence-corrected chi connectivity index (χ2v) is 4.67. The van der Waals surface area contributed by atoms with Gasteiger partial charge in [-0.1, -0.05) is 13.8 Å². The summed E-state index contributed by atoms with van der Waals surface area (Å²) in [6, 6.07) is 4.84. The third kappa shape index (κ3) is 2.76. The van der Waals surface area contributed by atoms with E-state index in [0.29, 0.717) is 23.9 Å². The first-order chi connectivity index (χ1) is 9.01. The molecular weight excluding hydrogens is 246 g/mol. The fourth-order valence-electron chi connectivity index (χ4n) is 1.85. The molecule has 0 aliphatic heterocycles. The fraction of sp³-hybridized carbons (Fsp3) is 0.286. The Labute approximate surface area is 110 Å². The maximum absolute atomic E-state index is 11.0. The standard InChI is InChI=1S/C14H15NO4/c1-9(2)10-5-11(8-16)15(6-10)7-12-3-4-13(19-12)14(17)18/h3-6,8-9H,7H2,1-2H3,(H,17,18). The van der Waals surface area contributed by atoms with Crippen LogP contribution in [0.2, 0.25) is 0 Å². The van der Waals surface area contributed by atoms with E-state index < -0.39 is 5.97 Å². The van der Waals surface area contributed by atoms with Crippen LogP contribution in [0.4, 0.5) is 0 Å². The zero-order valence-electron chi connectivity index (χ0n) is 10.8. The van der Waals surface area contributed by atoms with Gasteiger partial charge in [-0.05, 0) is 29.7 Å². The summed E-state index contributed by atoms with van der Waals surface area (Å²) in [5, 5.41) is 8.79. The van der Waals surface area contributed by atoms with Crippen LogP contribution in [0.3, 0.4) is 0 Å². The Morgan fingerprint density at radius 3 is 2.74 bits per heavy atom. The van der Waals surface area contributed by atoms with Crippen molar-refractivity contribution < 1.29 is 19.1 Å². The van der Waals surface area contributed by atoms with Crippen LogP contribution in [-0.2, 0) is 6.54 Å². The van der Waals surface area contributed by atoms with Gasteiger partial charge in [-0.15, -0.1) is 0 Å². The van der Waals surface area contributed by atoms with Crippen LogP contribution in [0.5, 0.6) is 0 Å². The van der Waals surface area contributed by atoms with Crippen molar-refractivity contribution in [2.75, 3.05) is 0 Å². The summed E-state index contributed by atoms with van der Waals surface area (Å²) in [5.74, 6) is -0.367. The molecule has 100 valence electrons. The van der Waals surface area contributed by atoms with Crippen LogP contribution >= 0.6 is 0 Å². The first-order valence-corrected chi connectivity index (χ1v) is 5.98. The van der Waals surface area contributed by atoms with Gasteiger partial charge in [0, 0.05) is 6.20 Å². The molecule has 0 saturated heterocycles. The molecule has 1 N–H and O–H groups in total. The lowest BCUT2D eigenvalue weighted by molar-refractivity contribution is 0.0660. The zero-order valence-corrected chi connectivity index (χ0v) is 10.8. The molecule has 2 aromatic heterocycles. The van der Waals surface area contributed by atoms with E-state index in [2.05, 4.69) is 0 Å². The van der Waals surface area contributed by atoms with E-state index in [1.165, 1.54) is 6.07 Å². The maximum atomic E-state index is 11.0. The number of aldehydes is 1. The average molecular weight is 261 g/mol. The Balaban J connectivity index is 2.26. The largest absolute Gasteiger partial charge is 0.475 e. The van der Waals surface area contributed by atoms with Crippen LogP contribution in [0.25, 0.3) is 0 Å². The predicted octanol–water partition coefficient (Wildman–Crippen LogP) is 2.76. The van der Waals surface area contributed by atoms with E-state index in [1.54, 1.807) is 10.6 Å². The minimum atomic E-state index is -1.10. The smallest absolute Gasteiger partial charge is 0.371 e.